The van der Waals surface area contributed by atoms with Gasteiger partial charge in [-0.25, -0.2) is 9.97 Å². The van der Waals surface area contributed by atoms with E-state index in [0.717, 1.165) is 79.4 Å². The Morgan fingerprint density at radius 3 is 2.40 bits per heavy atom. The van der Waals surface area contributed by atoms with Crippen LogP contribution in [0.25, 0.3) is 33.2 Å². The van der Waals surface area contributed by atoms with Crippen LogP contribution in [0.15, 0.2) is 60.8 Å². The summed E-state index contributed by atoms with van der Waals surface area (Å²) >= 11 is 0. The van der Waals surface area contributed by atoms with Crippen molar-refractivity contribution in [2.75, 3.05) is 13.1 Å². The van der Waals surface area contributed by atoms with Crippen LogP contribution in [0.4, 0.5) is 0 Å². The molecule has 0 unspecified atom stereocenters. The number of rotatable bonds is 10. The van der Waals surface area contributed by atoms with Gasteiger partial charge in [-0.2, -0.15) is 0 Å². The zero-order valence-electron chi connectivity index (χ0n) is 28.9. The number of aromatic nitrogens is 3. The number of H-pyrrole nitrogens is 1. The predicted octanol–water partition coefficient (Wildman–Crippen LogP) is 8.46. The van der Waals surface area contributed by atoms with Crippen molar-refractivity contribution in [3.8, 4) is 11.3 Å². The number of nitrogens with one attached hydrogen (secondary N) is 2. The van der Waals surface area contributed by atoms with Crippen LogP contribution in [0.3, 0.4) is 0 Å². The van der Waals surface area contributed by atoms with Gasteiger partial charge in [-0.05, 0) is 150 Å². The number of nitrogens with zero attached hydrogens (tertiary/aromatic N) is 3. The molecule has 6 nitrogen and oxygen atoms in total. The largest absolute Gasteiger partial charge is 0.354 e. The fourth-order valence-corrected chi connectivity index (χ4v) is 8.37. The van der Waals surface area contributed by atoms with Crippen molar-refractivity contribution < 1.29 is 4.79 Å². The fraction of sp³-hybridized carbons (Fsp3) is 0.439. The van der Waals surface area contributed by atoms with Crippen LogP contribution in [0.5, 0.6) is 0 Å². The van der Waals surface area contributed by atoms with Gasteiger partial charge >= 0.3 is 0 Å². The third-order valence-corrected chi connectivity index (χ3v) is 10.9. The molecule has 1 atom stereocenters. The Labute approximate surface area is 279 Å². The summed E-state index contributed by atoms with van der Waals surface area (Å²) in [5.41, 5.74) is 11.0. The van der Waals surface area contributed by atoms with Crippen LogP contribution in [-0.4, -0.2) is 50.9 Å². The molecule has 5 heterocycles. The van der Waals surface area contributed by atoms with Crippen LogP contribution in [0.2, 0.25) is 0 Å². The minimum atomic E-state index is -0.583. The molecule has 2 aliphatic rings. The second kappa shape index (κ2) is 12.5. The lowest BCUT2D eigenvalue weighted by molar-refractivity contribution is -0.137. The summed E-state index contributed by atoms with van der Waals surface area (Å²) < 4.78 is 0. The van der Waals surface area contributed by atoms with E-state index in [1.807, 2.05) is 13.1 Å². The Morgan fingerprint density at radius 1 is 0.957 bits per heavy atom. The van der Waals surface area contributed by atoms with Crippen molar-refractivity contribution in [3.05, 3.63) is 94.3 Å². The highest BCUT2D eigenvalue weighted by molar-refractivity contribution is 5.95. The van der Waals surface area contributed by atoms with E-state index in [0.29, 0.717) is 12.1 Å². The number of carbonyl (C=O) groups is 1. The molecule has 2 aliphatic heterocycles. The summed E-state index contributed by atoms with van der Waals surface area (Å²) in [7, 11) is 0. The first-order valence-corrected chi connectivity index (χ1v) is 17.6. The molecular formula is C41H49N5O. The van der Waals surface area contributed by atoms with Crippen molar-refractivity contribution >= 4 is 27.8 Å². The summed E-state index contributed by atoms with van der Waals surface area (Å²) in [6.07, 6.45) is 8.54. The molecule has 0 saturated carbocycles. The average molecular weight is 628 g/mol. The zero-order valence-corrected chi connectivity index (χ0v) is 28.9. The maximum Gasteiger partial charge on any atom is 0.233 e. The standard InChI is InChI=1S/C41H49N5O/c1-25-20-26(2)22-30(21-25)38-37(27(3)24-42-18-7-8-29-17-19-43-39-34(29)15-9-28(4)44-39)35-23-31(10-16-36(35)45-38)41(5,6)40(47)46-32-11-12-33(46)14-13-32/h9-10,15-17,19-23,27,32-33,42,45H,7-8,11-14,18,24H2,1-6H3/t27-,32?,33?/m1/s1. The third kappa shape index (κ3) is 5.97. The lowest BCUT2D eigenvalue weighted by Gasteiger charge is -2.33. The molecule has 2 saturated heterocycles. The Kier molecular flexibility index (Phi) is 8.42. The lowest BCUT2D eigenvalue weighted by Crippen LogP contribution is -2.45. The summed E-state index contributed by atoms with van der Waals surface area (Å²) in [5.74, 6) is 0.549. The van der Waals surface area contributed by atoms with Crippen molar-refractivity contribution in [2.45, 2.75) is 103 Å². The number of pyridine rings is 2. The fourth-order valence-electron chi connectivity index (χ4n) is 8.37. The first-order chi connectivity index (χ1) is 22.6. The number of carbonyl (C=O) groups excluding carboxylic acids is 1. The van der Waals surface area contributed by atoms with Crippen molar-refractivity contribution in [2.24, 2.45) is 0 Å². The van der Waals surface area contributed by atoms with Gasteiger partial charge in [0.05, 0.1) is 11.1 Å². The molecule has 2 bridgehead atoms. The van der Waals surface area contributed by atoms with Gasteiger partial charge < -0.3 is 15.2 Å². The molecule has 47 heavy (non-hydrogen) atoms. The van der Waals surface area contributed by atoms with Gasteiger partial charge in [-0.1, -0.05) is 30.2 Å². The van der Waals surface area contributed by atoms with E-state index in [-0.39, 0.29) is 11.8 Å². The minimum absolute atomic E-state index is 0.261. The molecular weight excluding hydrogens is 578 g/mol. The van der Waals surface area contributed by atoms with Gasteiger partial charge in [0.15, 0.2) is 5.65 Å². The van der Waals surface area contributed by atoms with Crippen LogP contribution >= 0.6 is 0 Å². The third-order valence-electron chi connectivity index (χ3n) is 10.9. The van der Waals surface area contributed by atoms with Gasteiger partial charge in [-0.3, -0.25) is 4.79 Å². The summed E-state index contributed by atoms with van der Waals surface area (Å²) in [6, 6.07) is 20.7. The summed E-state index contributed by atoms with van der Waals surface area (Å²) in [6.45, 7) is 14.7. The molecule has 2 aromatic carbocycles. The second-order valence-electron chi connectivity index (χ2n) is 14.9. The van der Waals surface area contributed by atoms with Crippen LogP contribution in [0, 0.1) is 20.8 Å². The maximum absolute atomic E-state index is 14.1. The van der Waals surface area contributed by atoms with Gasteiger partial charge in [0.1, 0.15) is 0 Å². The van der Waals surface area contributed by atoms with Crippen molar-refractivity contribution in [1.82, 2.24) is 25.2 Å². The average Bonchev–Trinajstić information content (AvgIpc) is 3.76. The Morgan fingerprint density at radius 2 is 1.68 bits per heavy atom. The lowest BCUT2D eigenvalue weighted by atomic mass is 9.81. The summed E-state index contributed by atoms with van der Waals surface area (Å²) in [5, 5.41) is 6.15. The molecule has 2 fully saturated rings. The molecule has 0 radical (unpaired) electrons. The first-order valence-electron chi connectivity index (χ1n) is 17.6. The SMILES string of the molecule is Cc1cc(C)cc(-c2[nH]c3ccc(C(C)(C)C(=O)N4C5CCC4CC5)cc3c2[C@H](C)CNCCCc2ccnc3nc(C)ccc23)c1. The molecule has 1 amide bonds. The predicted molar refractivity (Wildman–Crippen MR) is 193 cm³/mol. The van der Waals surface area contributed by atoms with Gasteiger partial charge in [0.2, 0.25) is 5.91 Å². The molecule has 0 aliphatic carbocycles. The molecule has 0 spiro atoms. The van der Waals surface area contributed by atoms with E-state index >= 15 is 0 Å². The molecule has 244 valence electrons. The molecule has 5 aromatic rings. The van der Waals surface area contributed by atoms with Gasteiger partial charge in [0.25, 0.3) is 0 Å². The highest BCUT2D eigenvalue weighted by atomic mass is 16.2. The van der Waals surface area contributed by atoms with Gasteiger partial charge in [0, 0.05) is 46.8 Å². The number of aromatic amines is 1. The van der Waals surface area contributed by atoms with Crippen LogP contribution in [0.1, 0.15) is 92.3 Å². The maximum atomic E-state index is 14.1. The first kappa shape index (κ1) is 31.6. The Balaban J connectivity index is 1.14. The van der Waals surface area contributed by atoms with E-state index in [1.54, 1.807) is 0 Å². The summed E-state index contributed by atoms with van der Waals surface area (Å²) in [4.78, 5) is 29.2. The van der Waals surface area contributed by atoms with Crippen LogP contribution < -0.4 is 5.32 Å². The molecule has 6 heteroatoms. The molecule has 7 rings (SSSR count). The smallest absolute Gasteiger partial charge is 0.233 e. The van der Waals surface area contributed by atoms with E-state index in [2.05, 4.69) is 114 Å². The monoisotopic (exact) mass is 627 g/mol. The highest BCUT2D eigenvalue weighted by Crippen LogP contribution is 2.43. The number of fused-ring (bicyclic) bond motifs is 4. The van der Waals surface area contributed by atoms with Crippen molar-refractivity contribution in [3.63, 3.8) is 0 Å². The number of aryl methyl sites for hydroxylation is 4. The Bertz CT molecular complexity index is 1910. The van der Waals surface area contributed by atoms with Crippen molar-refractivity contribution in [1.29, 1.82) is 0 Å². The number of hydrogen-bond donors (Lipinski definition) is 2. The molecule has 2 N–H and O–H groups in total. The van der Waals surface area contributed by atoms with E-state index in [9.17, 15) is 4.79 Å². The quantitative estimate of drug-likeness (QED) is 0.152. The Hall–Kier alpha value is -4.03. The second-order valence-corrected chi connectivity index (χ2v) is 14.9. The normalized spacial score (nSPS) is 18.5. The number of amides is 1. The number of hydrogen-bond acceptors (Lipinski definition) is 4. The minimum Gasteiger partial charge on any atom is -0.354 e. The van der Waals surface area contributed by atoms with Gasteiger partial charge in [-0.15, -0.1) is 0 Å². The van der Waals surface area contributed by atoms with Crippen LogP contribution in [-0.2, 0) is 16.6 Å². The topological polar surface area (TPSA) is 73.9 Å². The van der Waals surface area contributed by atoms with E-state index in [4.69, 9.17) is 0 Å². The highest BCUT2D eigenvalue weighted by Gasteiger charge is 2.47. The number of benzene rings is 2. The van der Waals surface area contributed by atoms with E-state index < -0.39 is 5.41 Å². The molecule has 3 aromatic heterocycles. The van der Waals surface area contributed by atoms with E-state index in [1.165, 1.54) is 38.9 Å². The zero-order chi connectivity index (χ0) is 32.9.